The third-order valence-electron chi connectivity index (χ3n) is 5.78. The van der Waals surface area contributed by atoms with Crippen molar-refractivity contribution in [3.63, 3.8) is 0 Å². The van der Waals surface area contributed by atoms with Crippen molar-refractivity contribution < 1.29 is 4.74 Å². The number of morpholine rings is 1. The summed E-state index contributed by atoms with van der Waals surface area (Å²) < 4.78 is 5.47. The number of fused-ring (bicyclic) bond motifs is 3. The molecule has 6 heteroatoms. The van der Waals surface area contributed by atoms with Crippen LogP contribution in [0.5, 0.6) is 0 Å². The summed E-state index contributed by atoms with van der Waals surface area (Å²) in [6, 6.07) is 0.589. The van der Waals surface area contributed by atoms with Crippen molar-refractivity contribution in [3.05, 3.63) is 16.3 Å². The first kappa shape index (κ1) is 16.0. The number of rotatable bonds is 4. The summed E-state index contributed by atoms with van der Waals surface area (Å²) in [5, 5.41) is 5.12. The average Bonchev–Trinajstić information content (AvgIpc) is 3.32. The molecule has 0 unspecified atom stereocenters. The molecule has 1 N–H and O–H groups in total. The van der Waals surface area contributed by atoms with Crippen LogP contribution in [-0.2, 0) is 24.1 Å². The molecule has 5 nitrogen and oxygen atoms in total. The lowest BCUT2D eigenvalue weighted by atomic mass is 10.1. The van der Waals surface area contributed by atoms with Gasteiger partial charge in [-0.05, 0) is 37.7 Å². The second kappa shape index (κ2) is 6.82. The number of aryl methyl sites for hydroxylation is 2. The minimum absolute atomic E-state index is 0.589. The number of thiophene rings is 1. The van der Waals surface area contributed by atoms with Gasteiger partial charge in [-0.3, -0.25) is 4.90 Å². The fraction of sp³-hybridized carbons (Fsp3) is 0.684. The SMILES string of the molecule is C1Cc2sc3nc(CN4CCOCC4)nc(NC4CCCC4)c3c2C1. The number of aromatic nitrogens is 2. The van der Waals surface area contributed by atoms with E-state index in [-0.39, 0.29) is 0 Å². The summed E-state index contributed by atoms with van der Waals surface area (Å²) in [6.07, 6.45) is 8.93. The van der Waals surface area contributed by atoms with Gasteiger partial charge in [0.05, 0.1) is 25.1 Å². The number of nitrogens with one attached hydrogen (secondary N) is 1. The monoisotopic (exact) mass is 358 g/mol. The third kappa shape index (κ3) is 3.15. The lowest BCUT2D eigenvalue weighted by Gasteiger charge is -2.26. The molecule has 1 saturated carbocycles. The van der Waals surface area contributed by atoms with Crippen LogP contribution in [0.2, 0.25) is 0 Å². The van der Waals surface area contributed by atoms with Crippen molar-refractivity contribution in [2.24, 2.45) is 0 Å². The van der Waals surface area contributed by atoms with Crippen LogP contribution in [0.4, 0.5) is 5.82 Å². The number of nitrogens with zero attached hydrogens (tertiary/aromatic N) is 3. The summed E-state index contributed by atoms with van der Waals surface area (Å²) in [6.45, 7) is 4.44. The molecule has 3 heterocycles. The molecule has 2 fully saturated rings. The molecule has 2 aliphatic carbocycles. The quantitative estimate of drug-likeness (QED) is 0.908. The molecule has 1 saturated heterocycles. The Labute approximate surface area is 152 Å². The summed E-state index contributed by atoms with van der Waals surface area (Å²) in [7, 11) is 0. The average molecular weight is 359 g/mol. The van der Waals surface area contributed by atoms with Gasteiger partial charge in [-0.1, -0.05) is 12.8 Å². The van der Waals surface area contributed by atoms with Gasteiger partial charge in [-0.25, -0.2) is 9.97 Å². The van der Waals surface area contributed by atoms with Crippen LogP contribution in [-0.4, -0.2) is 47.2 Å². The molecular formula is C19H26N4OS. The third-order valence-corrected chi connectivity index (χ3v) is 6.96. The maximum absolute atomic E-state index is 5.47. The summed E-state index contributed by atoms with van der Waals surface area (Å²) in [4.78, 5) is 15.1. The lowest BCUT2D eigenvalue weighted by molar-refractivity contribution is 0.0331. The highest BCUT2D eigenvalue weighted by atomic mass is 32.1. The molecule has 0 atom stereocenters. The largest absolute Gasteiger partial charge is 0.379 e. The summed E-state index contributed by atoms with van der Waals surface area (Å²) in [5.41, 5.74) is 1.53. The Morgan fingerprint density at radius 2 is 1.92 bits per heavy atom. The Bertz CT molecular complexity index is 762. The molecule has 2 aromatic heterocycles. The molecule has 1 aliphatic heterocycles. The number of hydrogen-bond donors (Lipinski definition) is 1. The van der Waals surface area contributed by atoms with Crippen molar-refractivity contribution in [1.82, 2.24) is 14.9 Å². The van der Waals surface area contributed by atoms with Gasteiger partial charge >= 0.3 is 0 Å². The van der Waals surface area contributed by atoms with Crippen molar-refractivity contribution in [2.45, 2.75) is 57.5 Å². The van der Waals surface area contributed by atoms with Gasteiger partial charge < -0.3 is 10.1 Å². The van der Waals surface area contributed by atoms with E-state index in [1.807, 2.05) is 11.3 Å². The normalized spacial score (nSPS) is 21.9. The minimum Gasteiger partial charge on any atom is -0.379 e. The fourth-order valence-electron chi connectivity index (χ4n) is 4.44. The van der Waals surface area contributed by atoms with Gasteiger partial charge in [0.1, 0.15) is 16.5 Å². The van der Waals surface area contributed by atoms with Gasteiger partial charge in [-0.15, -0.1) is 11.3 Å². The first-order valence-corrected chi connectivity index (χ1v) is 10.6. The van der Waals surface area contributed by atoms with E-state index < -0.39 is 0 Å². The van der Waals surface area contributed by atoms with Crippen molar-refractivity contribution in [1.29, 1.82) is 0 Å². The highest BCUT2D eigenvalue weighted by Gasteiger charge is 2.25. The Balaban J connectivity index is 1.50. The van der Waals surface area contributed by atoms with E-state index in [0.29, 0.717) is 6.04 Å². The van der Waals surface area contributed by atoms with E-state index in [2.05, 4.69) is 10.2 Å². The molecule has 2 aromatic rings. The van der Waals surface area contributed by atoms with Gasteiger partial charge in [0, 0.05) is 24.0 Å². The first-order valence-electron chi connectivity index (χ1n) is 9.74. The molecule has 0 radical (unpaired) electrons. The van der Waals surface area contributed by atoms with Crippen molar-refractivity contribution >= 4 is 27.4 Å². The molecule has 0 amide bonds. The van der Waals surface area contributed by atoms with E-state index in [9.17, 15) is 0 Å². The lowest BCUT2D eigenvalue weighted by Crippen LogP contribution is -2.36. The van der Waals surface area contributed by atoms with E-state index in [1.54, 1.807) is 4.88 Å². The van der Waals surface area contributed by atoms with Gasteiger partial charge in [0.15, 0.2) is 0 Å². The molecule has 0 aromatic carbocycles. The van der Waals surface area contributed by atoms with Crippen LogP contribution in [0.15, 0.2) is 0 Å². The van der Waals surface area contributed by atoms with Crippen LogP contribution >= 0.6 is 11.3 Å². The van der Waals surface area contributed by atoms with Gasteiger partial charge in [-0.2, -0.15) is 0 Å². The summed E-state index contributed by atoms with van der Waals surface area (Å²) in [5.74, 6) is 2.08. The maximum atomic E-state index is 5.47. The predicted molar refractivity (Wildman–Crippen MR) is 101 cm³/mol. The van der Waals surface area contributed by atoms with E-state index in [0.717, 1.165) is 44.5 Å². The highest BCUT2D eigenvalue weighted by Crippen LogP contribution is 2.40. The highest BCUT2D eigenvalue weighted by molar-refractivity contribution is 7.19. The van der Waals surface area contributed by atoms with Crippen LogP contribution in [0.25, 0.3) is 10.2 Å². The van der Waals surface area contributed by atoms with E-state index in [1.165, 1.54) is 60.7 Å². The molecule has 0 bridgehead atoms. The molecule has 5 rings (SSSR count). The molecular weight excluding hydrogens is 332 g/mol. The second-order valence-corrected chi connectivity index (χ2v) is 8.62. The van der Waals surface area contributed by atoms with Gasteiger partial charge in [0.2, 0.25) is 0 Å². The van der Waals surface area contributed by atoms with E-state index >= 15 is 0 Å². The maximum Gasteiger partial charge on any atom is 0.146 e. The Morgan fingerprint density at radius 3 is 2.76 bits per heavy atom. The number of anilines is 1. The van der Waals surface area contributed by atoms with Crippen LogP contribution < -0.4 is 5.32 Å². The second-order valence-electron chi connectivity index (χ2n) is 7.54. The first-order chi connectivity index (χ1) is 12.4. The topological polar surface area (TPSA) is 50.3 Å². The number of ether oxygens (including phenoxy) is 1. The number of hydrogen-bond acceptors (Lipinski definition) is 6. The van der Waals surface area contributed by atoms with Crippen molar-refractivity contribution in [3.8, 4) is 0 Å². The van der Waals surface area contributed by atoms with Crippen LogP contribution in [0.1, 0.15) is 48.4 Å². The molecule has 134 valence electrons. The fourth-order valence-corrected chi connectivity index (χ4v) is 5.72. The smallest absolute Gasteiger partial charge is 0.146 e. The minimum atomic E-state index is 0.589. The Hall–Kier alpha value is -1.24. The zero-order valence-electron chi connectivity index (χ0n) is 14.7. The van der Waals surface area contributed by atoms with E-state index in [4.69, 9.17) is 14.7 Å². The Kier molecular flexibility index (Phi) is 4.36. The van der Waals surface area contributed by atoms with Crippen LogP contribution in [0.3, 0.4) is 0 Å². The molecule has 0 spiro atoms. The van der Waals surface area contributed by atoms with Crippen molar-refractivity contribution in [2.75, 3.05) is 31.6 Å². The predicted octanol–water partition coefficient (Wildman–Crippen LogP) is 3.37. The molecule has 3 aliphatic rings. The molecule has 25 heavy (non-hydrogen) atoms. The van der Waals surface area contributed by atoms with Crippen LogP contribution in [0, 0.1) is 0 Å². The summed E-state index contributed by atoms with van der Waals surface area (Å²) >= 11 is 1.90. The zero-order chi connectivity index (χ0) is 16.6. The standard InChI is InChI=1S/C19H26N4OS/c1-2-5-13(4-1)20-18-17-14-6-3-7-15(14)25-19(17)22-16(21-18)12-23-8-10-24-11-9-23/h13H,1-12H2,(H,20,21,22). The zero-order valence-corrected chi connectivity index (χ0v) is 15.5. The van der Waals surface area contributed by atoms with Gasteiger partial charge in [0.25, 0.3) is 0 Å². The Morgan fingerprint density at radius 1 is 1.08 bits per heavy atom.